The largest absolute Gasteiger partial charge is 0.481 e. The summed E-state index contributed by atoms with van der Waals surface area (Å²) in [6, 6.07) is 10.8. The molecule has 1 unspecified atom stereocenters. The molecule has 1 fully saturated rings. The van der Waals surface area contributed by atoms with E-state index in [9.17, 15) is 4.79 Å². The molecule has 1 aliphatic rings. The van der Waals surface area contributed by atoms with Crippen LogP contribution in [0.25, 0.3) is 0 Å². The fourth-order valence-electron chi connectivity index (χ4n) is 2.92. The molecule has 1 aromatic carbocycles. The summed E-state index contributed by atoms with van der Waals surface area (Å²) in [6.45, 7) is 2.08. The van der Waals surface area contributed by atoms with Gasteiger partial charge >= 0.3 is 5.97 Å². The van der Waals surface area contributed by atoms with Crippen LogP contribution in [0.5, 0.6) is 0 Å². The monoisotopic (exact) mass is 261 g/mol. The Bertz CT molecular complexity index is 391. The number of benzene rings is 1. The minimum atomic E-state index is -0.667. The summed E-state index contributed by atoms with van der Waals surface area (Å²) in [5.74, 6) is -0.667. The van der Waals surface area contributed by atoms with Crippen molar-refractivity contribution in [3.05, 3.63) is 35.9 Å². The molecule has 104 valence electrons. The van der Waals surface area contributed by atoms with Gasteiger partial charge in [0.05, 0.1) is 6.42 Å². The van der Waals surface area contributed by atoms with Crippen LogP contribution in [0, 0.1) is 0 Å². The van der Waals surface area contributed by atoms with Crippen LogP contribution in [0.3, 0.4) is 0 Å². The van der Waals surface area contributed by atoms with Crippen LogP contribution in [0.4, 0.5) is 0 Å². The van der Waals surface area contributed by atoms with Crippen molar-refractivity contribution in [3.63, 3.8) is 0 Å². The summed E-state index contributed by atoms with van der Waals surface area (Å²) >= 11 is 0. The molecular weight excluding hydrogens is 238 g/mol. The summed E-state index contributed by atoms with van der Waals surface area (Å²) in [5.41, 5.74) is 1.37. The quantitative estimate of drug-likeness (QED) is 0.856. The lowest BCUT2D eigenvalue weighted by atomic mass is 9.98. The number of carbonyl (C=O) groups is 1. The van der Waals surface area contributed by atoms with Crippen LogP contribution in [0.1, 0.15) is 37.7 Å². The maximum absolute atomic E-state index is 10.9. The molecular formula is C16H23NO2. The molecule has 0 bridgehead atoms. The summed E-state index contributed by atoms with van der Waals surface area (Å²) in [5, 5.41) is 8.96. The molecule has 1 aromatic rings. The average Bonchev–Trinajstić information content (AvgIpc) is 2.41. The van der Waals surface area contributed by atoms with Gasteiger partial charge in [-0.1, -0.05) is 36.8 Å². The van der Waals surface area contributed by atoms with E-state index in [0.29, 0.717) is 6.42 Å². The lowest BCUT2D eigenvalue weighted by Gasteiger charge is -2.34. The molecule has 19 heavy (non-hydrogen) atoms. The standard InChI is InChI=1S/C16H23NO2/c18-16(19)13-15-10-4-5-11-17(15)12-6-9-14-7-2-1-3-8-14/h1-3,7-8,15H,4-6,9-13H2,(H,18,19). The van der Waals surface area contributed by atoms with Crippen molar-refractivity contribution in [2.45, 2.75) is 44.6 Å². The number of hydrogen-bond donors (Lipinski definition) is 1. The van der Waals surface area contributed by atoms with E-state index in [-0.39, 0.29) is 6.04 Å². The van der Waals surface area contributed by atoms with Gasteiger partial charge in [-0.2, -0.15) is 0 Å². The minimum absolute atomic E-state index is 0.252. The molecule has 0 spiro atoms. The number of carboxylic acids is 1. The van der Waals surface area contributed by atoms with E-state index in [4.69, 9.17) is 5.11 Å². The number of likely N-dealkylation sites (tertiary alicyclic amines) is 1. The fraction of sp³-hybridized carbons (Fsp3) is 0.562. The zero-order chi connectivity index (χ0) is 13.5. The number of rotatable bonds is 6. The van der Waals surface area contributed by atoms with Crippen LogP contribution >= 0.6 is 0 Å². The molecule has 0 aliphatic carbocycles. The Labute approximate surface area is 115 Å². The molecule has 0 amide bonds. The van der Waals surface area contributed by atoms with E-state index in [1.807, 2.05) is 6.07 Å². The summed E-state index contributed by atoms with van der Waals surface area (Å²) in [6.07, 6.45) is 5.91. The van der Waals surface area contributed by atoms with Gasteiger partial charge in [0.1, 0.15) is 0 Å². The van der Waals surface area contributed by atoms with Gasteiger partial charge in [-0.25, -0.2) is 0 Å². The van der Waals surface area contributed by atoms with Crippen molar-refractivity contribution in [1.29, 1.82) is 0 Å². The van der Waals surface area contributed by atoms with Gasteiger partial charge < -0.3 is 5.11 Å². The maximum Gasteiger partial charge on any atom is 0.304 e. The van der Waals surface area contributed by atoms with E-state index in [0.717, 1.165) is 32.4 Å². The highest BCUT2D eigenvalue weighted by molar-refractivity contribution is 5.67. The molecule has 2 rings (SSSR count). The fourth-order valence-corrected chi connectivity index (χ4v) is 2.92. The SMILES string of the molecule is O=C(O)CC1CCCCN1CCCc1ccccc1. The van der Waals surface area contributed by atoms with Crippen LogP contribution in [0.15, 0.2) is 30.3 Å². The number of piperidine rings is 1. The Hall–Kier alpha value is -1.35. The van der Waals surface area contributed by atoms with E-state index in [1.165, 1.54) is 18.4 Å². The Morgan fingerprint density at radius 3 is 2.79 bits per heavy atom. The van der Waals surface area contributed by atoms with E-state index >= 15 is 0 Å². The van der Waals surface area contributed by atoms with E-state index in [2.05, 4.69) is 29.2 Å². The van der Waals surface area contributed by atoms with Crippen molar-refractivity contribution in [1.82, 2.24) is 4.90 Å². The number of aryl methyl sites for hydroxylation is 1. The second-order valence-corrected chi connectivity index (χ2v) is 5.37. The van der Waals surface area contributed by atoms with Crippen LogP contribution in [-0.2, 0) is 11.2 Å². The van der Waals surface area contributed by atoms with Gasteiger partial charge in [-0.15, -0.1) is 0 Å². The van der Waals surface area contributed by atoms with Crippen molar-refractivity contribution in [3.8, 4) is 0 Å². The molecule has 1 aliphatic heterocycles. The van der Waals surface area contributed by atoms with Gasteiger partial charge in [-0.05, 0) is 44.3 Å². The predicted molar refractivity (Wildman–Crippen MR) is 76.2 cm³/mol. The Morgan fingerprint density at radius 1 is 1.26 bits per heavy atom. The zero-order valence-corrected chi connectivity index (χ0v) is 11.4. The average molecular weight is 261 g/mol. The highest BCUT2D eigenvalue weighted by atomic mass is 16.4. The molecule has 1 heterocycles. The second-order valence-electron chi connectivity index (χ2n) is 5.37. The first-order chi connectivity index (χ1) is 9.25. The third-order valence-corrected chi connectivity index (χ3v) is 3.91. The highest BCUT2D eigenvalue weighted by Crippen LogP contribution is 2.20. The molecule has 1 atom stereocenters. The highest BCUT2D eigenvalue weighted by Gasteiger charge is 2.23. The third-order valence-electron chi connectivity index (χ3n) is 3.91. The van der Waals surface area contributed by atoms with E-state index < -0.39 is 5.97 Å². The summed E-state index contributed by atoms with van der Waals surface area (Å²) in [4.78, 5) is 13.3. The third kappa shape index (κ3) is 4.67. The first-order valence-corrected chi connectivity index (χ1v) is 7.25. The summed E-state index contributed by atoms with van der Waals surface area (Å²) in [7, 11) is 0. The van der Waals surface area contributed by atoms with Gasteiger partial charge in [-0.3, -0.25) is 9.69 Å². The van der Waals surface area contributed by atoms with Crippen molar-refractivity contribution < 1.29 is 9.90 Å². The molecule has 0 aromatic heterocycles. The topological polar surface area (TPSA) is 40.5 Å². The van der Waals surface area contributed by atoms with Crippen molar-refractivity contribution in [2.24, 2.45) is 0 Å². The number of carboxylic acid groups (broad SMARTS) is 1. The molecule has 3 heteroatoms. The molecule has 0 radical (unpaired) electrons. The second kappa shape index (κ2) is 7.29. The number of nitrogens with zero attached hydrogens (tertiary/aromatic N) is 1. The van der Waals surface area contributed by atoms with Gasteiger partial charge in [0.15, 0.2) is 0 Å². The molecule has 1 N–H and O–H groups in total. The maximum atomic E-state index is 10.9. The Kier molecular flexibility index (Phi) is 5.40. The van der Waals surface area contributed by atoms with Crippen molar-refractivity contribution >= 4 is 5.97 Å². The summed E-state index contributed by atoms with van der Waals surface area (Å²) < 4.78 is 0. The zero-order valence-electron chi connectivity index (χ0n) is 11.4. The van der Waals surface area contributed by atoms with Crippen molar-refractivity contribution in [2.75, 3.05) is 13.1 Å². The minimum Gasteiger partial charge on any atom is -0.481 e. The van der Waals surface area contributed by atoms with Gasteiger partial charge in [0.2, 0.25) is 0 Å². The molecule has 1 saturated heterocycles. The lowest BCUT2D eigenvalue weighted by Crippen LogP contribution is -2.41. The number of hydrogen-bond acceptors (Lipinski definition) is 2. The Morgan fingerprint density at radius 2 is 2.05 bits per heavy atom. The van der Waals surface area contributed by atoms with Gasteiger partial charge in [0.25, 0.3) is 0 Å². The predicted octanol–water partition coefficient (Wildman–Crippen LogP) is 2.95. The normalized spacial score (nSPS) is 20.3. The van der Waals surface area contributed by atoms with Crippen LogP contribution < -0.4 is 0 Å². The number of aliphatic carboxylic acids is 1. The Balaban J connectivity index is 1.78. The molecule has 3 nitrogen and oxygen atoms in total. The van der Waals surface area contributed by atoms with Gasteiger partial charge in [0, 0.05) is 6.04 Å². The smallest absolute Gasteiger partial charge is 0.304 e. The van der Waals surface area contributed by atoms with Crippen LogP contribution in [-0.4, -0.2) is 35.1 Å². The lowest BCUT2D eigenvalue weighted by molar-refractivity contribution is -0.138. The van der Waals surface area contributed by atoms with E-state index in [1.54, 1.807) is 0 Å². The first kappa shape index (κ1) is 14.1. The van der Waals surface area contributed by atoms with Crippen LogP contribution in [0.2, 0.25) is 0 Å². The molecule has 0 saturated carbocycles. The first-order valence-electron chi connectivity index (χ1n) is 7.25.